The number of anilines is 1. The third-order valence-corrected chi connectivity index (χ3v) is 4.26. The van der Waals surface area contributed by atoms with Crippen molar-refractivity contribution in [3.8, 4) is 6.07 Å². The number of carbonyl (C=O) groups excluding carboxylic acids is 3. The highest BCUT2D eigenvalue weighted by Gasteiger charge is 2.22. The molecule has 1 unspecified atom stereocenters. The molecule has 1 heterocycles. The van der Waals surface area contributed by atoms with Crippen molar-refractivity contribution in [2.75, 3.05) is 11.9 Å². The molecule has 9 heteroatoms. The molecule has 2 aromatic rings. The minimum absolute atomic E-state index is 0.128. The number of aromatic nitrogens is 1. The molecule has 1 aromatic heterocycles. The van der Waals surface area contributed by atoms with Gasteiger partial charge in [-0.05, 0) is 48.2 Å². The zero-order chi connectivity index (χ0) is 22.6. The lowest BCUT2D eigenvalue weighted by molar-refractivity contribution is -0.123. The molecular formula is C22H26N6O3. The van der Waals surface area contributed by atoms with E-state index in [2.05, 4.69) is 26.3 Å². The first-order chi connectivity index (χ1) is 14.9. The fourth-order valence-corrected chi connectivity index (χ4v) is 2.79. The molecule has 1 aromatic carbocycles. The van der Waals surface area contributed by atoms with Crippen LogP contribution in [0.2, 0.25) is 0 Å². The quantitative estimate of drug-likeness (QED) is 0.459. The van der Waals surface area contributed by atoms with Gasteiger partial charge in [0.05, 0.1) is 6.07 Å². The van der Waals surface area contributed by atoms with E-state index in [4.69, 9.17) is 5.26 Å². The standard InChI is InChI=1S/C22H26N6O3/c1-15(2)12-19(21(30)25-11-8-23)28-20(29)17-4-3-5-18(13-17)27-22(31)26-14-16-6-9-24-10-7-16/h3-7,9-10,13,15,19H,11-12,14H2,1-2H3,(H,25,30)(H,28,29)(H2,26,27,31). The van der Waals surface area contributed by atoms with Crippen molar-refractivity contribution in [1.82, 2.24) is 20.9 Å². The second kappa shape index (κ2) is 11.9. The lowest BCUT2D eigenvalue weighted by Gasteiger charge is -2.19. The monoisotopic (exact) mass is 422 g/mol. The van der Waals surface area contributed by atoms with Gasteiger partial charge in [-0.15, -0.1) is 0 Å². The molecule has 31 heavy (non-hydrogen) atoms. The van der Waals surface area contributed by atoms with Crippen LogP contribution >= 0.6 is 0 Å². The Balaban J connectivity index is 1.98. The lowest BCUT2D eigenvalue weighted by atomic mass is 10.0. The van der Waals surface area contributed by atoms with E-state index in [9.17, 15) is 14.4 Å². The number of carbonyl (C=O) groups is 3. The van der Waals surface area contributed by atoms with E-state index in [-0.39, 0.29) is 12.5 Å². The van der Waals surface area contributed by atoms with Crippen LogP contribution in [-0.2, 0) is 11.3 Å². The Morgan fingerprint density at radius 3 is 2.52 bits per heavy atom. The summed E-state index contributed by atoms with van der Waals surface area (Å²) < 4.78 is 0. The summed E-state index contributed by atoms with van der Waals surface area (Å²) in [6.07, 6.45) is 3.71. The van der Waals surface area contributed by atoms with Gasteiger partial charge >= 0.3 is 6.03 Å². The van der Waals surface area contributed by atoms with Crippen molar-refractivity contribution < 1.29 is 14.4 Å². The van der Waals surface area contributed by atoms with E-state index in [1.165, 1.54) is 6.07 Å². The molecule has 0 aliphatic rings. The molecule has 0 radical (unpaired) electrons. The molecule has 4 N–H and O–H groups in total. The van der Waals surface area contributed by atoms with Gasteiger partial charge in [-0.25, -0.2) is 4.79 Å². The van der Waals surface area contributed by atoms with Gasteiger partial charge in [0, 0.05) is 30.2 Å². The van der Waals surface area contributed by atoms with Crippen LogP contribution < -0.4 is 21.3 Å². The van der Waals surface area contributed by atoms with Crippen molar-refractivity contribution in [2.24, 2.45) is 5.92 Å². The molecule has 0 fully saturated rings. The topological polar surface area (TPSA) is 136 Å². The number of hydrogen-bond acceptors (Lipinski definition) is 5. The summed E-state index contributed by atoms with van der Waals surface area (Å²) in [5.74, 6) is -0.692. The molecule has 2 rings (SSSR count). The van der Waals surface area contributed by atoms with Gasteiger partial charge in [0.25, 0.3) is 5.91 Å². The van der Waals surface area contributed by atoms with Gasteiger partial charge in [-0.3, -0.25) is 14.6 Å². The SMILES string of the molecule is CC(C)CC(NC(=O)c1cccc(NC(=O)NCc2ccncc2)c1)C(=O)NCC#N. The van der Waals surface area contributed by atoms with Crippen molar-refractivity contribution in [3.05, 3.63) is 59.9 Å². The molecule has 0 aliphatic carbocycles. The number of pyridine rings is 1. The van der Waals surface area contributed by atoms with Crippen LogP contribution in [0.5, 0.6) is 0 Å². The van der Waals surface area contributed by atoms with Crippen LogP contribution in [0.15, 0.2) is 48.8 Å². The van der Waals surface area contributed by atoms with Crippen LogP contribution in [0, 0.1) is 17.2 Å². The number of urea groups is 1. The predicted octanol–water partition coefficient (Wildman–Crippen LogP) is 2.19. The third-order valence-electron chi connectivity index (χ3n) is 4.26. The summed E-state index contributed by atoms with van der Waals surface area (Å²) in [5.41, 5.74) is 1.65. The molecule has 0 aliphatic heterocycles. The maximum absolute atomic E-state index is 12.7. The van der Waals surface area contributed by atoms with Crippen molar-refractivity contribution >= 4 is 23.5 Å². The summed E-state index contributed by atoms with van der Waals surface area (Å²) in [4.78, 5) is 41.0. The molecule has 0 saturated heterocycles. The Labute approximate surface area is 181 Å². The largest absolute Gasteiger partial charge is 0.341 e. The molecule has 162 valence electrons. The number of amides is 4. The summed E-state index contributed by atoms with van der Waals surface area (Å²) >= 11 is 0. The minimum Gasteiger partial charge on any atom is -0.341 e. The average Bonchev–Trinajstić information content (AvgIpc) is 2.76. The number of nitriles is 1. The van der Waals surface area contributed by atoms with Gasteiger partial charge in [0.1, 0.15) is 12.6 Å². The lowest BCUT2D eigenvalue weighted by Crippen LogP contribution is -2.47. The van der Waals surface area contributed by atoms with Crippen molar-refractivity contribution in [3.63, 3.8) is 0 Å². The molecular weight excluding hydrogens is 396 g/mol. The molecule has 0 bridgehead atoms. The zero-order valence-corrected chi connectivity index (χ0v) is 17.5. The van der Waals surface area contributed by atoms with E-state index in [1.807, 2.05) is 19.9 Å². The summed E-state index contributed by atoms with van der Waals surface area (Å²) in [7, 11) is 0. The summed E-state index contributed by atoms with van der Waals surface area (Å²) in [6, 6.07) is 10.7. The van der Waals surface area contributed by atoms with Crippen LogP contribution in [0.3, 0.4) is 0 Å². The van der Waals surface area contributed by atoms with Gasteiger partial charge in [0.2, 0.25) is 5.91 Å². The summed E-state index contributed by atoms with van der Waals surface area (Å²) in [5, 5.41) is 19.2. The van der Waals surface area contributed by atoms with E-state index in [0.717, 1.165) is 5.56 Å². The molecule has 1 atom stereocenters. The number of hydrogen-bond donors (Lipinski definition) is 4. The zero-order valence-electron chi connectivity index (χ0n) is 17.5. The van der Waals surface area contributed by atoms with E-state index in [0.29, 0.717) is 24.2 Å². The van der Waals surface area contributed by atoms with Crippen LogP contribution in [-0.4, -0.2) is 35.4 Å². The molecule has 9 nitrogen and oxygen atoms in total. The second-order valence-corrected chi connectivity index (χ2v) is 7.28. The predicted molar refractivity (Wildman–Crippen MR) is 116 cm³/mol. The van der Waals surface area contributed by atoms with E-state index >= 15 is 0 Å². The van der Waals surface area contributed by atoms with Crippen LogP contribution in [0.4, 0.5) is 10.5 Å². The average molecular weight is 422 g/mol. The Kier molecular flexibility index (Phi) is 8.98. The van der Waals surface area contributed by atoms with Crippen molar-refractivity contribution in [2.45, 2.75) is 32.9 Å². The fraction of sp³-hybridized carbons (Fsp3) is 0.318. The van der Waals surface area contributed by atoms with Gasteiger partial charge in [-0.2, -0.15) is 5.26 Å². The number of nitrogens with one attached hydrogen (secondary N) is 4. The molecule has 0 saturated carbocycles. The third kappa shape index (κ3) is 8.14. The first-order valence-electron chi connectivity index (χ1n) is 9.88. The molecule has 0 spiro atoms. The highest BCUT2D eigenvalue weighted by molar-refractivity contribution is 5.99. The van der Waals surface area contributed by atoms with Crippen molar-refractivity contribution in [1.29, 1.82) is 5.26 Å². The Hall–Kier alpha value is -3.93. The first-order valence-corrected chi connectivity index (χ1v) is 9.88. The first kappa shape index (κ1) is 23.3. The van der Waals surface area contributed by atoms with E-state index < -0.39 is 23.9 Å². The Bertz CT molecular complexity index is 940. The summed E-state index contributed by atoms with van der Waals surface area (Å²) in [6.45, 7) is 4.08. The highest BCUT2D eigenvalue weighted by Crippen LogP contribution is 2.12. The Morgan fingerprint density at radius 1 is 1.10 bits per heavy atom. The van der Waals surface area contributed by atoms with Crippen LogP contribution in [0.1, 0.15) is 36.2 Å². The van der Waals surface area contributed by atoms with E-state index in [1.54, 1.807) is 42.7 Å². The van der Waals surface area contributed by atoms with Gasteiger partial charge in [-0.1, -0.05) is 19.9 Å². The van der Waals surface area contributed by atoms with Gasteiger partial charge in [0.15, 0.2) is 0 Å². The number of benzene rings is 1. The van der Waals surface area contributed by atoms with Crippen LogP contribution in [0.25, 0.3) is 0 Å². The number of nitrogens with zero attached hydrogens (tertiary/aromatic N) is 2. The maximum Gasteiger partial charge on any atom is 0.319 e. The smallest absolute Gasteiger partial charge is 0.319 e. The normalized spacial score (nSPS) is 11.2. The minimum atomic E-state index is -0.763. The number of rotatable bonds is 9. The highest BCUT2D eigenvalue weighted by atomic mass is 16.2. The second-order valence-electron chi connectivity index (χ2n) is 7.28. The van der Waals surface area contributed by atoms with Gasteiger partial charge < -0.3 is 21.3 Å². The Morgan fingerprint density at radius 2 is 1.84 bits per heavy atom. The fourth-order valence-electron chi connectivity index (χ4n) is 2.79. The maximum atomic E-state index is 12.7. The molecule has 4 amide bonds.